The Bertz CT molecular complexity index is 1490. The molecule has 37 heavy (non-hydrogen) atoms. The van der Waals surface area contributed by atoms with E-state index in [4.69, 9.17) is 24.7 Å². The third kappa shape index (κ3) is 4.63. The normalized spacial score (nSPS) is 20.5. The summed E-state index contributed by atoms with van der Waals surface area (Å²) < 4.78 is 23.8. The van der Waals surface area contributed by atoms with E-state index in [1.807, 2.05) is 32.2 Å². The Morgan fingerprint density at radius 1 is 1.00 bits per heavy atom. The van der Waals surface area contributed by atoms with Crippen LogP contribution in [0.5, 0.6) is 0 Å². The molecule has 0 amide bonds. The van der Waals surface area contributed by atoms with Gasteiger partial charge in [0.1, 0.15) is 22.9 Å². The van der Waals surface area contributed by atoms with Crippen LogP contribution in [0.15, 0.2) is 30.6 Å². The van der Waals surface area contributed by atoms with E-state index >= 15 is 4.39 Å². The van der Waals surface area contributed by atoms with Gasteiger partial charge >= 0.3 is 0 Å². The van der Waals surface area contributed by atoms with Crippen LogP contribution in [0.25, 0.3) is 22.4 Å². The van der Waals surface area contributed by atoms with E-state index in [1.165, 1.54) is 12.8 Å². The van der Waals surface area contributed by atoms with Crippen molar-refractivity contribution in [2.24, 2.45) is 0 Å². The van der Waals surface area contributed by atoms with Crippen molar-refractivity contribution in [2.45, 2.75) is 83.8 Å². The van der Waals surface area contributed by atoms with Gasteiger partial charge < -0.3 is 4.74 Å². The van der Waals surface area contributed by atoms with Gasteiger partial charge in [0.25, 0.3) is 0 Å². The van der Waals surface area contributed by atoms with Gasteiger partial charge in [-0.3, -0.25) is 4.68 Å². The molecule has 1 aromatic carbocycles. The average Bonchev–Trinajstić information content (AvgIpc) is 3.60. The summed E-state index contributed by atoms with van der Waals surface area (Å²) in [5, 5.41) is 4.54. The molecule has 1 aliphatic carbocycles. The van der Waals surface area contributed by atoms with Crippen molar-refractivity contribution in [1.82, 2.24) is 29.7 Å². The second-order valence-electron chi connectivity index (χ2n) is 11.5. The van der Waals surface area contributed by atoms with E-state index in [0.29, 0.717) is 40.9 Å². The lowest BCUT2D eigenvalue weighted by Crippen LogP contribution is -2.20. The first-order valence-corrected chi connectivity index (χ1v) is 13.2. The molecule has 192 valence electrons. The largest absolute Gasteiger partial charge is 0.373 e. The number of aryl methyl sites for hydroxylation is 2. The second-order valence-corrected chi connectivity index (χ2v) is 11.5. The maximum atomic E-state index is 15.6. The maximum Gasteiger partial charge on any atom is 0.182 e. The number of halogens is 1. The number of nitrogens with zero attached hydrogens (tertiary/aromatic N) is 6. The monoisotopic (exact) mass is 500 g/mol. The zero-order valence-corrected chi connectivity index (χ0v) is 22.1. The van der Waals surface area contributed by atoms with Crippen molar-refractivity contribution in [3.05, 3.63) is 64.7 Å². The molecule has 4 heterocycles. The molecule has 8 heteroatoms. The minimum atomic E-state index is -0.309. The van der Waals surface area contributed by atoms with Gasteiger partial charge in [0.05, 0.1) is 29.7 Å². The molecule has 0 unspecified atom stereocenters. The number of rotatable bonds is 4. The van der Waals surface area contributed by atoms with Gasteiger partial charge in [0, 0.05) is 29.8 Å². The zero-order valence-electron chi connectivity index (χ0n) is 22.1. The lowest BCUT2D eigenvalue weighted by atomic mass is 9.86. The molecule has 0 bridgehead atoms. The summed E-state index contributed by atoms with van der Waals surface area (Å²) in [4.78, 5) is 19.3. The Morgan fingerprint density at radius 3 is 2.51 bits per heavy atom. The molecule has 3 aromatic heterocycles. The Kier molecular flexibility index (Phi) is 5.82. The lowest BCUT2D eigenvalue weighted by molar-refractivity contribution is 0.00396. The summed E-state index contributed by atoms with van der Waals surface area (Å²) in [5.41, 5.74) is 5.43. The SMILES string of the molecule is Cc1nc2nc([C@@H]3CCO[C@H](c4cnn(C5CC5)c4)C3)nc(-c3ccc(C(C)(C)C)cc3F)c2nc1C. The van der Waals surface area contributed by atoms with E-state index in [0.717, 1.165) is 35.4 Å². The highest BCUT2D eigenvalue weighted by atomic mass is 19.1. The van der Waals surface area contributed by atoms with Crippen LogP contribution in [0, 0.1) is 19.7 Å². The quantitative estimate of drug-likeness (QED) is 0.327. The van der Waals surface area contributed by atoms with Gasteiger partial charge in [-0.15, -0.1) is 0 Å². The summed E-state index contributed by atoms with van der Waals surface area (Å²) >= 11 is 0. The van der Waals surface area contributed by atoms with Crippen LogP contribution in [-0.2, 0) is 10.2 Å². The molecule has 6 rings (SSSR count). The molecule has 0 N–H and O–H groups in total. The van der Waals surface area contributed by atoms with E-state index in [9.17, 15) is 0 Å². The van der Waals surface area contributed by atoms with Crippen molar-refractivity contribution >= 4 is 11.2 Å². The number of benzene rings is 1. The maximum absolute atomic E-state index is 15.6. The molecule has 2 atom stereocenters. The first-order chi connectivity index (χ1) is 17.7. The van der Waals surface area contributed by atoms with Gasteiger partial charge in [0.2, 0.25) is 0 Å². The smallest absolute Gasteiger partial charge is 0.182 e. The van der Waals surface area contributed by atoms with Gasteiger partial charge in [-0.2, -0.15) is 5.10 Å². The molecule has 0 spiro atoms. The first kappa shape index (κ1) is 24.1. The predicted molar refractivity (Wildman–Crippen MR) is 140 cm³/mol. The highest BCUT2D eigenvalue weighted by molar-refractivity contribution is 5.87. The highest BCUT2D eigenvalue weighted by Gasteiger charge is 2.31. The van der Waals surface area contributed by atoms with E-state index in [2.05, 4.69) is 36.7 Å². The van der Waals surface area contributed by atoms with Crippen LogP contribution < -0.4 is 0 Å². The summed E-state index contributed by atoms with van der Waals surface area (Å²) in [6.45, 7) is 10.7. The standard InChI is InChI=1S/C29H33FN6O/c1-16-17(2)33-28-26(32-16)25(22-9-6-20(13-23(22)30)29(3,4)5)34-27(35-28)18-10-11-37-24(12-18)19-14-31-36(15-19)21-7-8-21/h6,9,13-15,18,21,24H,7-8,10-12H2,1-5H3/t18-,24+/m1/s1. The van der Waals surface area contributed by atoms with Crippen LogP contribution in [0.2, 0.25) is 0 Å². The first-order valence-electron chi connectivity index (χ1n) is 13.2. The number of fused-ring (bicyclic) bond motifs is 1. The Labute approximate surface area is 216 Å². The van der Waals surface area contributed by atoms with Crippen LogP contribution in [0.4, 0.5) is 4.39 Å². The Hall–Kier alpha value is -3.26. The minimum absolute atomic E-state index is 0.0616. The second kappa shape index (κ2) is 8.94. The van der Waals surface area contributed by atoms with Crippen LogP contribution in [0.3, 0.4) is 0 Å². The van der Waals surface area contributed by atoms with Gasteiger partial charge in [-0.1, -0.05) is 26.8 Å². The molecule has 1 aliphatic heterocycles. The number of hydrogen-bond acceptors (Lipinski definition) is 6. The van der Waals surface area contributed by atoms with Crippen molar-refractivity contribution in [3.63, 3.8) is 0 Å². The molecule has 2 fully saturated rings. The molecule has 0 radical (unpaired) electrons. The fourth-order valence-electron chi connectivity index (χ4n) is 4.99. The Morgan fingerprint density at radius 2 is 1.78 bits per heavy atom. The summed E-state index contributed by atoms with van der Waals surface area (Å²) in [6.07, 6.45) is 7.88. The number of hydrogen-bond donors (Lipinski definition) is 0. The summed E-state index contributed by atoms with van der Waals surface area (Å²) in [5.74, 6) is 0.421. The fourth-order valence-corrected chi connectivity index (χ4v) is 4.99. The van der Waals surface area contributed by atoms with Crippen molar-refractivity contribution in [3.8, 4) is 11.3 Å². The number of ether oxygens (including phenoxy) is 1. The molecular weight excluding hydrogens is 467 g/mol. The minimum Gasteiger partial charge on any atom is -0.373 e. The zero-order chi connectivity index (χ0) is 25.9. The van der Waals surface area contributed by atoms with Gasteiger partial charge in [-0.25, -0.2) is 24.3 Å². The van der Waals surface area contributed by atoms with Crippen LogP contribution in [0.1, 0.15) is 92.9 Å². The average molecular weight is 501 g/mol. The fraction of sp³-hybridized carbons (Fsp3) is 0.483. The summed E-state index contributed by atoms with van der Waals surface area (Å²) in [6, 6.07) is 5.93. The van der Waals surface area contributed by atoms with Crippen molar-refractivity contribution < 1.29 is 9.13 Å². The third-order valence-corrected chi connectivity index (χ3v) is 7.61. The lowest BCUT2D eigenvalue weighted by Gasteiger charge is -2.28. The molecule has 4 aromatic rings. The van der Waals surface area contributed by atoms with E-state index < -0.39 is 0 Å². The molecule has 7 nitrogen and oxygen atoms in total. The highest BCUT2D eigenvalue weighted by Crippen LogP contribution is 2.40. The summed E-state index contributed by atoms with van der Waals surface area (Å²) in [7, 11) is 0. The Balaban J connectivity index is 1.41. The van der Waals surface area contributed by atoms with Crippen molar-refractivity contribution in [2.75, 3.05) is 6.61 Å². The molecule has 1 saturated heterocycles. The third-order valence-electron chi connectivity index (χ3n) is 7.61. The van der Waals surface area contributed by atoms with Gasteiger partial charge in [-0.05, 0) is 62.6 Å². The van der Waals surface area contributed by atoms with Crippen molar-refractivity contribution in [1.29, 1.82) is 0 Å². The topological polar surface area (TPSA) is 78.6 Å². The van der Waals surface area contributed by atoms with E-state index in [1.54, 1.807) is 6.07 Å². The predicted octanol–water partition coefficient (Wildman–Crippen LogP) is 6.31. The van der Waals surface area contributed by atoms with Crippen LogP contribution in [-0.4, -0.2) is 36.3 Å². The van der Waals surface area contributed by atoms with Crippen LogP contribution >= 0.6 is 0 Å². The van der Waals surface area contributed by atoms with E-state index in [-0.39, 0.29) is 23.3 Å². The molecular formula is C29H33FN6O. The molecule has 1 saturated carbocycles. The van der Waals surface area contributed by atoms with Gasteiger partial charge in [0.15, 0.2) is 5.65 Å². The number of aromatic nitrogens is 6. The molecule has 2 aliphatic rings.